The maximum atomic E-state index is 6.16. The molecular formula is C18H22ClN3O. The van der Waals surface area contributed by atoms with Crippen molar-refractivity contribution in [3.63, 3.8) is 0 Å². The van der Waals surface area contributed by atoms with Gasteiger partial charge in [0, 0.05) is 24.0 Å². The fraction of sp³-hybridized carbons (Fsp3) is 0.333. The van der Waals surface area contributed by atoms with E-state index >= 15 is 0 Å². The Labute approximate surface area is 142 Å². The molecule has 0 radical (unpaired) electrons. The van der Waals surface area contributed by atoms with E-state index in [9.17, 15) is 0 Å². The second-order valence-electron chi connectivity index (χ2n) is 5.50. The van der Waals surface area contributed by atoms with Gasteiger partial charge in [-0.3, -0.25) is 4.98 Å². The molecule has 122 valence electrons. The molecule has 5 heteroatoms. The van der Waals surface area contributed by atoms with Gasteiger partial charge in [-0.2, -0.15) is 0 Å². The van der Waals surface area contributed by atoms with E-state index in [0.29, 0.717) is 17.8 Å². The first-order valence-electron chi connectivity index (χ1n) is 7.63. The van der Waals surface area contributed by atoms with Gasteiger partial charge in [-0.15, -0.1) is 0 Å². The Hall–Kier alpha value is -1.91. The molecule has 0 bridgehead atoms. The minimum Gasteiger partial charge on any atom is -0.490 e. The molecule has 0 N–H and O–H groups in total. The van der Waals surface area contributed by atoms with E-state index in [0.717, 1.165) is 23.3 Å². The van der Waals surface area contributed by atoms with E-state index in [1.54, 1.807) is 18.6 Å². The SMILES string of the molecule is CC[C@H](COc1cnc(Cl)c(/C=C/c2ccncc2)c1)N(C)C. The summed E-state index contributed by atoms with van der Waals surface area (Å²) in [5, 5.41) is 0.460. The molecule has 2 rings (SSSR count). The number of pyridine rings is 2. The lowest BCUT2D eigenvalue weighted by molar-refractivity contribution is 0.181. The number of nitrogens with zero attached hydrogens (tertiary/aromatic N) is 3. The highest BCUT2D eigenvalue weighted by Crippen LogP contribution is 2.22. The largest absolute Gasteiger partial charge is 0.490 e. The van der Waals surface area contributed by atoms with E-state index in [1.807, 2.05) is 30.4 Å². The van der Waals surface area contributed by atoms with Crippen molar-refractivity contribution in [2.75, 3.05) is 20.7 Å². The predicted octanol–water partition coefficient (Wildman–Crippen LogP) is 4.02. The molecule has 0 aromatic carbocycles. The Kier molecular flexibility index (Phi) is 6.56. The van der Waals surface area contributed by atoms with E-state index in [2.05, 4.69) is 35.9 Å². The summed E-state index contributed by atoms with van der Waals surface area (Å²) < 4.78 is 5.86. The second kappa shape index (κ2) is 8.65. The smallest absolute Gasteiger partial charge is 0.138 e. The fourth-order valence-corrected chi connectivity index (χ4v) is 2.29. The molecule has 0 amide bonds. The summed E-state index contributed by atoms with van der Waals surface area (Å²) in [6.45, 7) is 2.78. The third kappa shape index (κ3) is 5.34. The van der Waals surface area contributed by atoms with Crippen LogP contribution in [-0.2, 0) is 0 Å². The van der Waals surface area contributed by atoms with Gasteiger partial charge in [0.05, 0.1) is 6.20 Å². The van der Waals surface area contributed by atoms with Crippen LogP contribution >= 0.6 is 11.6 Å². The monoisotopic (exact) mass is 331 g/mol. The molecule has 0 fully saturated rings. The van der Waals surface area contributed by atoms with Crippen LogP contribution in [-0.4, -0.2) is 41.6 Å². The molecule has 23 heavy (non-hydrogen) atoms. The normalized spacial score (nSPS) is 12.7. The lowest BCUT2D eigenvalue weighted by Crippen LogP contribution is -2.32. The van der Waals surface area contributed by atoms with E-state index in [4.69, 9.17) is 16.3 Å². The summed E-state index contributed by atoms with van der Waals surface area (Å²) >= 11 is 6.16. The minimum absolute atomic E-state index is 0.376. The highest BCUT2D eigenvalue weighted by atomic mass is 35.5. The minimum atomic E-state index is 0.376. The first-order chi connectivity index (χ1) is 11.1. The summed E-state index contributed by atoms with van der Waals surface area (Å²) in [4.78, 5) is 10.4. The summed E-state index contributed by atoms with van der Waals surface area (Å²) in [7, 11) is 4.11. The van der Waals surface area contributed by atoms with E-state index < -0.39 is 0 Å². The Morgan fingerprint density at radius 3 is 2.65 bits per heavy atom. The molecule has 0 aliphatic rings. The van der Waals surface area contributed by atoms with Crippen molar-refractivity contribution >= 4 is 23.8 Å². The molecular weight excluding hydrogens is 310 g/mol. The molecule has 0 unspecified atom stereocenters. The quantitative estimate of drug-likeness (QED) is 0.718. The Morgan fingerprint density at radius 1 is 1.26 bits per heavy atom. The summed E-state index contributed by atoms with van der Waals surface area (Å²) in [5.41, 5.74) is 1.89. The van der Waals surface area contributed by atoms with Gasteiger partial charge in [0.1, 0.15) is 17.5 Å². The van der Waals surface area contributed by atoms with Crippen LogP contribution in [0.2, 0.25) is 5.15 Å². The number of rotatable bonds is 7. The van der Waals surface area contributed by atoms with Crippen molar-refractivity contribution in [3.05, 3.63) is 53.1 Å². The number of hydrogen-bond acceptors (Lipinski definition) is 4. The number of aromatic nitrogens is 2. The van der Waals surface area contributed by atoms with Crippen molar-refractivity contribution in [3.8, 4) is 5.75 Å². The van der Waals surface area contributed by atoms with Crippen molar-refractivity contribution in [1.82, 2.24) is 14.9 Å². The molecule has 0 saturated carbocycles. The molecule has 0 spiro atoms. The Balaban J connectivity index is 2.08. The average molecular weight is 332 g/mol. The fourth-order valence-electron chi connectivity index (χ4n) is 2.13. The molecule has 4 nitrogen and oxygen atoms in total. The van der Waals surface area contributed by atoms with Crippen molar-refractivity contribution in [2.24, 2.45) is 0 Å². The molecule has 1 atom stereocenters. The van der Waals surface area contributed by atoms with Gasteiger partial charge < -0.3 is 9.64 Å². The lowest BCUT2D eigenvalue weighted by Gasteiger charge is -2.22. The van der Waals surface area contributed by atoms with Gasteiger partial charge in [-0.25, -0.2) is 4.98 Å². The highest BCUT2D eigenvalue weighted by Gasteiger charge is 2.10. The number of ether oxygens (including phenoxy) is 1. The maximum absolute atomic E-state index is 6.16. The third-order valence-corrected chi connectivity index (χ3v) is 3.96. The number of halogens is 1. The first kappa shape index (κ1) is 17.4. The standard InChI is InChI=1S/C18H22ClN3O/c1-4-16(22(2)3)13-23-17-11-15(18(19)21-12-17)6-5-14-7-9-20-10-8-14/h5-12,16H,4,13H2,1-3H3/b6-5+/t16-/m1/s1. The average Bonchev–Trinajstić information content (AvgIpc) is 2.56. The zero-order valence-corrected chi connectivity index (χ0v) is 14.5. The van der Waals surface area contributed by atoms with Crippen molar-refractivity contribution < 1.29 is 4.74 Å². The number of hydrogen-bond donors (Lipinski definition) is 0. The Bertz CT molecular complexity index is 644. The Morgan fingerprint density at radius 2 is 2.00 bits per heavy atom. The van der Waals surface area contributed by atoms with E-state index in [-0.39, 0.29) is 0 Å². The van der Waals surface area contributed by atoms with Gasteiger partial charge in [0.2, 0.25) is 0 Å². The van der Waals surface area contributed by atoms with Crippen LogP contribution in [0.4, 0.5) is 0 Å². The second-order valence-corrected chi connectivity index (χ2v) is 5.86. The van der Waals surface area contributed by atoms with Gasteiger partial charge in [0.15, 0.2) is 0 Å². The first-order valence-corrected chi connectivity index (χ1v) is 8.00. The zero-order chi connectivity index (χ0) is 16.7. The van der Waals surface area contributed by atoms with Crippen molar-refractivity contribution in [1.29, 1.82) is 0 Å². The predicted molar refractivity (Wildman–Crippen MR) is 95.7 cm³/mol. The van der Waals surface area contributed by atoms with Crippen LogP contribution in [0.15, 0.2) is 36.8 Å². The van der Waals surface area contributed by atoms with Crippen LogP contribution in [0.1, 0.15) is 24.5 Å². The van der Waals surface area contributed by atoms with Gasteiger partial charge in [0.25, 0.3) is 0 Å². The van der Waals surface area contributed by atoms with E-state index in [1.165, 1.54) is 0 Å². The molecule has 2 aromatic heterocycles. The third-order valence-electron chi connectivity index (χ3n) is 3.65. The van der Waals surface area contributed by atoms with Crippen LogP contribution in [0, 0.1) is 0 Å². The van der Waals surface area contributed by atoms with Crippen molar-refractivity contribution in [2.45, 2.75) is 19.4 Å². The molecule has 0 saturated heterocycles. The molecule has 0 aliphatic heterocycles. The van der Waals surface area contributed by atoms with Gasteiger partial charge in [-0.05, 0) is 44.3 Å². The highest BCUT2D eigenvalue weighted by molar-refractivity contribution is 6.31. The maximum Gasteiger partial charge on any atom is 0.138 e. The summed E-state index contributed by atoms with van der Waals surface area (Å²) in [6, 6.07) is 6.15. The van der Waals surface area contributed by atoms with Crippen LogP contribution in [0.25, 0.3) is 12.2 Å². The summed E-state index contributed by atoms with van der Waals surface area (Å²) in [6.07, 6.45) is 10.1. The zero-order valence-electron chi connectivity index (χ0n) is 13.7. The molecule has 2 heterocycles. The summed E-state index contributed by atoms with van der Waals surface area (Å²) in [5.74, 6) is 0.726. The topological polar surface area (TPSA) is 38.3 Å². The van der Waals surface area contributed by atoms with Gasteiger partial charge in [-0.1, -0.05) is 30.7 Å². The van der Waals surface area contributed by atoms with Crippen LogP contribution < -0.4 is 4.74 Å². The number of likely N-dealkylation sites (N-methyl/N-ethyl adjacent to an activating group) is 1. The van der Waals surface area contributed by atoms with Crippen LogP contribution in [0.3, 0.4) is 0 Å². The van der Waals surface area contributed by atoms with Gasteiger partial charge >= 0.3 is 0 Å². The van der Waals surface area contributed by atoms with Crippen LogP contribution in [0.5, 0.6) is 5.75 Å². The molecule has 2 aromatic rings. The molecule has 0 aliphatic carbocycles. The lowest BCUT2D eigenvalue weighted by atomic mass is 10.2.